The summed E-state index contributed by atoms with van der Waals surface area (Å²) in [4.78, 5) is 4.94. The summed E-state index contributed by atoms with van der Waals surface area (Å²) in [5, 5.41) is 20.5. The molecule has 0 spiro atoms. The molecule has 8 nitrogen and oxygen atoms in total. The van der Waals surface area contributed by atoms with Gasteiger partial charge in [-0.1, -0.05) is 55.5 Å². The zero-order chi connectivity index (χ0) is 27.4. The molecule has 39 heavy (non-hydrogen) atoms. The van der Waals surface area contributed by atoms with E-state index in [2.05, 4.69) is 31.8 Å². The minimum absolute atomic E-state index is 0.0827. The van der Waals surface area contributed by atoms with Gasteiger partial charge in [-0.05, 0) is 30.5 Å². The molecule has 0 unspecified atom stereocenters. The Labute approximate surface area is 234 Å². The smallest absolute Gasteiger partial charge is 0.198 e. The molecule has 0 radical (unpaired) electrons. The number of aliphatic hydroxyl groups is 2. The van der Waals surface area contributed by atoms with E-state index in [-0.39, 0.29) is 36.9 Å². The molecule has 1 saturated carbocycles. The van der Waals surface area contributed by atoms with Gasteiger partial charge in [0.1, 0.15) is 25.0 Å². The number of hydrogen-bond donors (Lipinski definition) is 2. The minimum atomic E-state index is -1.24. The van der Waals surface area contributed by atoms with Crippen molar-refractivity contribution in [1.29, 1.82) is 0 Å². The molecule has 4 atom stereocenters. The van der Waals surface area contributed by atoms with Gasteiger partial charge in [0.2, 0.25) is 0 Å². The highest BCUT2D eigenvalue weighted by molar-refractivity contribution is 6.76. The number of pyridine rings is 1. The minimum Gasteiger partial charge on any atom is -0.470 e. The van der Waals surface area contributed by atoms with E-state index in [1.54, 1.807) is 0 Å². The number of aliphatic hydroxyl groups excluding tert-OH is 2. The van der Waals surface area contributed by atoms with Crippen LogP contribution in [0.4, 0.5) is 0 Å². The first kappa shape index (κ1) is 27.2. The second kappa shape index (κ2) is 10.4. The molecule has 10 heteroatoms. The average molecular weight is 573 g/mol. The highest BCUT2D eigenvalue weighted by atomic mass is 35.5. The second-order valence-corrected chi connectivity index (χ2v) is 18.3. The molecule has 2 aromatic heterocycles. The monoisotopic (exact) mass is 572 g/mol. The molecule has 2 aliphatic heterocycles. The summed E-state index contributed by atoms with van der Waals surface area (Å²) in [6, 6.07) is 13.1. The van der Waals surface area contributed by atoms with Crippen molar-refractivity contribution in [2.75, 3.05) is 26.4 Å². The number of rotatable bonds is 10. The van der Waals surface area contributed by atoms with Crippen molar-refractivity contribution in [1.82, 2.24) is 9.55 Å². The molecule has 3 fully saturated rings. The van der Waals surface area contributed by atoms with Gasteiger partial charge < -0.3 is 29.2 Å². The van der Waals surface area contributed by atoms with E-state index in [4.69, 9.17) is 35.5 Å². The molecule has 2 N–H and O–H groups in total. The molecule has 3 aliphatic rings. The van der Waals surface area contributed by atoms with Gasteiger partial charge in [0.15, 0.2) is 12.0 Å². The fourth-order valence-corrected chi connectivity index (χ4v) is 6.48. The zero-order valence-electron chi connectivity index (χ0n) is 22.7. The first-order valence-corrected chi connectivity index (χ1v) is 17.8. The molecular weight excluding hydrogens is 536 g/mol. The van der Waals surface area contributed by atoms with Crippen molar-refractivity contribution in [3.05, 3.63) is 47.0 Å². The highest BCUT2D eigenvalue weighted by Gasteiger charge is 2.48. The number of hydrogen-bond acceptors (Lipinski definition) is 7. The topological polar surface area (TPSA) is 95.2 Å². The van der Waals surface area contributed by atoms with Crippen molar-refractivity contribution in [2.24, 2.45) is 0 Å². The quantitative estimate of drug-likeness (QED) is 0.271. The molecule has 0 amide bonds. The van der Waals surface area contributed by atoms with E-state index in [0.717, 1.165) is 41.0 Å². The van der Waals surface area contributed by atoms with E-state index < -0.39 is 14.2 Å². The van der Waals surface area contributed by atoms with E-state index >= 15 is 0 Å². The van der Waals surface area contributed by atoms with Crippen LogP contribution >= 0.6 is 11.6 Å². The van der Waals surface area contributed by atoms with Gasteiger partial charge in [0.25, 0.3) is 0 Å². The summed E-state index contributed by atoms with van der Waals surface area (Å²) in [7, 11) is -1.24. The predicted molar refractivity (Wildman–Crippen MR) is 152 cm³/mol. The van der Waals surface area contributed by atoms with Crippen LogP contribution in [0.15, 0.2) is 36.4 Å². The largest absolute Gasteiger partial charge is 0.470 e. The van der Waals surface area contributed by atoms with Crippen molar-refractivity contribution in [3.63, 3.8) is 0 Å². The van der Waals surface area contributed by atoms with Crippen LogP contribution in [-0.2, 0) is 26.4 Å². The SMILES string of the molecule is C[Si](C)(C)CCOCn1c(O[C@@H]2CO[C@H]3[C@@H]2OC[C@H]3O)cc2nc(-c3ccc(C4(CO)CC4)cc3)c(Cl)cc21. The van der Waals surface area contributed by atoms with Gasteiger partial charge in [-0.3, -0.25) is 4.57 Å². The van der Waals surface area contributed by atoms with E-state index in [9.17, 15) is 10.2 Å². The van der Waals surface area contributed by atoms with Gasteiger partial charge in [0, 0.05) is 31.7 Å². The Morgan fingerprint density at radius 3 is 2.54 bits per heavy atom. The van der Waals surface area contributed by atoms with Crippen molar-refractivity contribution < 1.29 is 29.2 Å². The molecule has 3 aromatic rings. The number of aromatic nitrogens is 2. The molecule has 2 saturated heterocycles. The zero-order valence-corrected chi connectivity index (χ0v) is 24.5. The van der Waals surface area contributed by atoms with E-state index in [1.807, 2.05) is 28.8 Å². The number of halogens is 1. The summed E-state index contributed by atoms with van der Waals surface area (Å²) in [5.74, 6) is 0.604. The first-order chi connectivity index (χ1) is 18.7. The number of fused-ring (bicyclic) bond motifs is 2. The van der Waals surface area contributed by atoms with Crippen LogP contribution in [0.25, 0.3) is 22.3 Å². The lowest BCUT2D eigenvalue weighted by molar-refractivity contribution is 0.00479. The molecule has 6 rings (SSSR count). The Morgan fingerprint density at radius 2 is 1.85 bits per heavy atom. The Balaban J connectivity index is 1.30. The van der Waals surface area contributed by atoms with Gasteiger partial charge in [-0.2, -0.15) is 0 Å². The van der Waals surface area contributed by atoms with Crippen LogP contribution in [0.2, 0.25) is 30.7 Å². The predicted octanol–water partition coefficient (Wildman–Crippen LogP) is 4.60. The Morgan fingerprint density at radius 1 is 1.10 bits per heavy atom. The van der Waals surface area contributed by atoms with Crippen LogP contribution in [0, 0.1) is 0 Å². The van der Waals surface area contributed by atoms with E-state index in [1.165, 1.54) is 0 Å². The summed E-state index contributed by atoms with van der Waals surface area (Å²) in [6.07, 6.45) is 0.354. The average Bonchev–Trinajstić information content (AvgIpc) is 3.32. The summed E-state index contributed by atoms with van der Waals surface area (Å²) >= 11 is 6.81. The fourth-order valence-electron chi connectivity index (χ4n) is 5.47. The Hall–Kier alpha value is -1.98. The first-order valence-electron chi connectivity index (χ1n) is 13.7. The Kier molecular flexibility index (Phi) is 7.29. The van der Waals surface area contributed by atoms with Crippen LogP contribution in [-0.4, -0.2) is 78.7 Å². The molecule has 210 valence electrons. The van der Waals surface area contributed by atoms with Crippen LogP contribution in [0.1, 0.15) is 18.4 Å². The second-order valence-electron chi connectivity index (χ2n) is 12.3. The normalized spacial score (nSPS) is 25.8. The molecule has 0 bridgehead atoms. The fraction of sp³-hybridized carbons (Fsp3) is 0.552. The van der Waals surface area contributed by atoms with Crippen molar-refractivity contribution >= 4 is 30.7 Å². The van der Waals surface area contributed by atoms with Crippen LogP contribution in [0.3, 0.4) is 0 Å². The molecule has 1 aliphatic carbocycles. The van der Waals surface area contributed by atoms with Gasteiger partial charge in [0.05, 0.1) is 41.6 Å². The number of nitrogens with zero attached hydrogens (tertiary/aromatic N) is 2. The molecular formula is C29H37ClN2O6Si. The maximum atomic E-state index is 10.1. The van der Waals surface area contributed by atoms with Crippen LogP contribution in [0.5, 0.6) is 5.88 Å². The summed E-state index contributed by atoms with van der Waals surface area (Å²) < 4.78 is 26.1. The summed E-state index contributed by atoms with van der Waals surface area (Å²) in [5.41, 5.74) is 4.25. The lowest BCUT2D eigenvalue weighted by Crippen LogP contribution is -2.35. The standard InChI is InChI=1S/C29H37ClN2O6Si/c1-39(2,3)11-10-35-17-32-22-12-20(30)26(18-4-6-19(7-5-18)29(16-33)8-9-29)31-21(22)13-25(32)38-24-15-37-27-23(34)14-36-28(24)27/h4-7,12-13,23-24,27-28,33-34H,8-11,14-17H2,1-3H3/t23-,24-,27-,28-/m1/s1. The number of ether oxygens (including phenoxy) is 4. The lowest BCUT2D eigenvalue weighted by Gasteiger charge is -2.20. The third kappa shape index (κ3) is 5.38. The van der Waals surface area contributed by atoms with Crippen molar-refractivity contribution in [2.45, 2.75) is 75.1 Å². The van der Waals surface area contributed by atoms with Gasteiger partial charge in [-0.25, -0.2) is 4.98 Å². The van der Waals surface area contributed by atoms with Gasteiger partial charge >= 0.3 is 0 Å². The van der Waals surface area contributed by atoms with Crippen molar-refractivity contribution in [3.8, 4) is 17.1 Å². The third-order valence-corrected chi connectivity index (χ3v) is 10.2. The molecule has 1 aromatic carbocycles. The lowest BCUT2D eigenvalue weighted by atomic mass is 9.95. The summed E-state index contributed by atoms with van der Waals surface area (Å²) in [6.45, 7) is 8.72. The van der Waals surface area contributed by atoms with Crippen LogP contribution < -0.4 is 4.74 Å². The Bertz CT molecular complexity index is 1340. The third-order valence-electron chi connectivity index (χ3n) is 8.20. The highest BCUT2D eigenvalue weighted by Crippen LogP contribution is 2.48. The number of benzene rings is 1. The maximum absolute atomic E-state index is 10.1. The molecule has 4 heterocycles. The van der Waals surface area contributed by atoms with E-state index in [0.29, 0.717) is 36.5 Å². The maximum Gasteiger partial charge on any atom is 0.198 e. The van der Waals surface area contributed by atoms with Gasteiger partial charge in [-0.15, -0.1) is 0 Å².